The second kappa shape index (κ2) is 5.59. The van der Waals surface area contributed by atoms with Crippen molar-refractivity contribution in [2.24, 2.45) is 0 Å². The molecule has 0 atom stereocenters. The quantitative estimate of drug-likeness (QED) is 0.662. The van der Waals surface area contributed by atoms with Crippen LogP contribution >= 0.6 is 0 Å². The monoisotopic (exact) mass is 223 g/mol. The van der Waals surface area contributed by atoms with Gasteiger partial charge in [0.05, 0.1) is 12.6 Å². The Kier molecular flexibility index (Phi) is 4.14. The van der Waals surface area contributed by atoms with Crippen LogP contribution in [-0.4, -0.2) is 21.8 Å². The average Bonchev–Trinajstić information content (AvgIpc) is 2.20. The van der Waals surface area contributed by atoms with Crippen LogP contribution in [0.2, 0.25) is 0 Å². The van der Waals surface area contributed by atoms with Gasteiger partial charge < -0.3 is 15.8 Å². The highest BCUT2D eigenvalue weighted by Crippen LogP contribution is 2.03. The largest absolute Gasteiger partial charge is 0.481 e. The third-order valence-corrected chi connectivity index (χ3v) is 1.58. The van der Waals surface area contributed by atoms with Crippen molar-refractivity contribution < 1.29 is 14.3 Å². The normalized spacial score (nSPS) is 10.3. The molecular weight excluding hydrogens is 213 g/mol. The van der Waals surface area contributed by atoms with E-state index in [4.69, 9.17) is 10.5 Å². The lowest BCUT2D eigenvalue weighted by molar-refractivity contribution is -0.135. The Labute approximate surface area is 91.1 Å². The molecule has 5 nitrogen and oxygen atoms in total. The van der Waals surface area contributed by atoms with Crippen LogP contribution in [0, 0.1) is 11.2 Å². The molecular formula is C10H10FN3O2. The molecule has 1 rings (SSSR count). The van der Waals surface area contributed by atoms with E-state index in [2.05, 4.69) is 10.3 Å². The van der Waals surface area contributed by atoms with Gasteiger partial charge in [-0.1, -0.05) is 0 Å². The van der Waals surface area contributed by atoms with Crippen molar-refractivity contribution in [3.63, 3.8) is 0 Å². The summed E-state index contributed by atoms with van der Waals surface area (Å²) in [7, 11) is 0. The van der Waals surface area contributed by atoms with Gasteiger partial charge in [0, 0.05) is 11.9 Å². The summed E-state index contributed by atoms with van der Waals surface area (Å²) < 4.78 is 12.5. The molecule has 3 N–H and O–H groups in total. The van der Waals surface area contributed by atoms with Gasteiger partial charge in [-0.15, -0.1) is 0 Å². The predicted octanol–water partition coefficient (Wildman–Crippen LogP) is 1.64. The van der Waals surface area contributed by atoms with Gasteiger partial charge in [0.2, 0.25) is 0 Å². The first-order chi connectivity index (χ1) is 7.58. The lowest BCUT2D eigenvalue weighted by Gasteiger charge is -1.98. The molecule has 0 aliphatic carbocycles. The van der Waals surface area contributed by atoms with E-state index in [0.717, 1.165) is 6.20 Å². The summed E-state index contributed by atoms with van der Waals surface area (Å²) in [6, 6.07) is 2.67. The summed E-state index contributed by atoms with van der Waals surface area (Å²) in [5, 5.41) is 18.3. The number of anilines is 1. The van der Waals surface area contributed by atoms with E-state index in [1.807, 2.05) is 0 Å². The van der Waals surface area contributed by atoms with Crippen molar-refractivity contribution in [3.8, 4) is 0 Å². The van der Waals surface area contributed by atoms with Crippen molar-refractivity contribution in [2.45, 2.75) is 6.42 Å². The molecule has 0 unspecified atom stereocenters. The number of pyridine rings is 1. The van der Waals surface area contributed by atoms with E-state index in [0.29, 0.717) is 5.82 Å². The van der Waals surface area contributed by atoms with Crippen LogP contribution in [0.3, 0.4) is 0 Å². The third kappa shape index (κ3) is 4.32. The van der Waals surface area contributed by atoms with Gasteiger partial charge in [0.25, 0.3) is 0 Å². The van der Waals surface area contributed by atoms with Crippen molar-refractivity contribution in [1.29, 1.82) is 5.41 Å². The Morgan fingerprint density at radius 3 is 2.94 bits per heavy atom. The maximum absolute atomic E-state index is 12.5. The first-order valence-corrected chi connectivity index (χ1v) is 4.42. The second-order valence-corrected chi connectivity index (χ2v) is 2.94. The number of rotatable bonds is 5. The zero-order valence-corrected chi connectivity index (χ0v) is 8.27. The molecule has 0 aliphatic heterocycles. The number of halogens is 1. The summed E-state index contributed by atoms with van der Waals surface area (Å²) in [6.07, 6.45) is 3.40. The molecule has 0 saturated heterocycles. The summed E-state index contributed by atoms with van der Waals surface area (Å²) in [5.74, 6) is -1.08. The number of carbonyl (C=O) groups is 1. The number of carboxylic acid groups (broad SMARTS) is 1. The number of allylic oxidation sites excluding steroid dienone is 1. The number of nitrogens with one attached hydrogen (secondary N) is 2. The molecule has 0 radical (unpaired) electrons. The highest BCUT2D eigenvalue weighted by Gasteiger charge is 1.99. The number of carboxylic acids is 1. The van der Waals surface area contributed by atoms with Crippen molar-refractivity contribution >= 4 is 17.5 Å². The van der Waals surface area contributed by atoms with Gasteiger partial charge >= 0.3 is 5.97 Å². The minimum Gasteiger partial charge on any atom is -0.481 e. The van der Waals surface area contributed by atoms with E-state index in [9.17, 15) is 9.18 Å². The highest BCUT2D eigenvalue weighted by molar-refractivity contribution is 6.03. The summed E-state index contributed by atoms with van der Waals surface area (Å²) >= 11 is 0. The molecule has 6 heteroatoms. The van der Waals surface area contributed by atoms with E-state index >= 15 is 0 Å². The maximum Gasteiger partial charge on any atom is 0.309 e. The third-order valence-electron chi connectivity index (χ3n) is 1.58. The van der Waals surface area contributed by atoms with Crippen LogP contribution in [-0.2, 0) is 4.79 Å². The summed E-state index contributed by atoms with van der Waals surface area (Å²) in [4.78, 5) is 13.9. The maximum atomic E-state index is 12.5. The van der Waals surface area contributed by atoms with Crippen LogP contribution in [0.4, 0.5) is 10.2 Å². The van der Waals surface area contributed by atoms with Crippen molar-refractivity contribution in [2.75, 3.05) is 5.32 Å². The fourth-order valence-corrected chi connectivity index (χ4v) is 0.911. The summed E-state index contributed by atoms with van der Waals surface area (Å²) in [6.45, 7) is 0. The SMILES string of the molecule is N=C(/C=C\Nc1ccc(F)cn1)CC(=O)O. The molecule has 0 aliphatic rings. The van der Waals surface area contributed by atoms with Crippen LogP contribution in [0.1, 0.15) is 6.42 Å². The molecule has 0 amide bonds. The van der Waals surface area contributed by atoms with Crippen LogP contribution in [0.5, 0.6) is 0 Å². The van der Waals surface area contributed by atoms with Gasteiger partial charge in [-0.2, -0.15) is 0 Å². The zero-order valence-electron chi connectivity index (χ0n) is 8.27. The Morgan fingerprint density at radius 1 is 1.62 bits per heavy atom. The molecule has 0 spiro atoms. The Bertz CT molecular complexity index is 415. The number of aliphatic carboxylic acids is 1. The lowest BCUT2D eigenvalue weighted by Crippen LogP contribution is -2.03. The predicted molar refractivity (Wildman–Crippen MR) is 56.9 cm³/mol. The highest BCUT2D eigenvalue weighted by atomic mass is 19.1. The Morgan fingerprint density at radius 2 is 2.38 bits per heavy atom. The Hall–Kier alpha value is -2.24. The van der Waals surface area contributed by atoms with Gasteiger partial charge in [-0.05, 0) is 18.2 Å². The van der Waals surface area contributed by atoms with E-state index < -0.39 is 11.8 Å². The molecule has 0 bridgehead atoms. The van der Waals surface area contributed by atoms with E-state index in [1.165, 1.54) is 24.4 Å². The Balaban J connectivity index is 2.45. The second-order valence-electron chi connectivity index (χ2n) is 2.94. The number of hydrogen-bond donors (Lipinski definition) is 3. The molecule has 0 fully saturated rings. The van der Waals surface area contributed by atoms with Crippen LogP contribution in [0.15, 0.2) is 30.6 Å². The molecule has 1 heterocycles. The smallest absolute Gasteiger partial charge is 0.309 e. The fourth-order valence-electron chi connectivity index (χ4n) is 0.911. The first-order valence-electron chi connectivity index (χ1n) is 4.42. The van der Waals surface area contributed by atoms with Gasteiger partial charge in [-0.25, -0.2) is 9.37 Å². The topological polar surface area (TPSA) is 86.1 Å². The molecule has 0 saturated carbocycles. The molecule has 0 aromatic carbocycles. The van der Waals surface area contributed by atoms with Gasteiger partial charge in [0.1, 0.15) is 11.6 Å². The number of aromatic nitrogens is 1. The lowest BCUT2D eigenvalue weighted by atomic mass is 10.3. The summed E-state index contributed by atoms with van der Waals surface area (Å²) in [5.41, 5.74) is -0.0397. The first kappa shape index (κ1) is 11.8. The van der Waals surface area contributed by atoms with Crippen molar-refractivity contribution in [1.82, 2.24) is 4.98 Å². The van der Waals surface area contributed by atoms with Gasteiger partial charge in [0.15, 0.2) is 0 Å². The molecule has 1 aromatic heterocycles. The molecule has 1 aromatic rings. The van der Waals surface area contributed by atoms with Gasteiger partial charge in [-0.3, -0.25) is 4.79 Å². The van der Waals surface area contributed by atoms with Crippen molar-refractivity contribution in [3.05, 3.63) is 36.4 Å². The average molecular weight is 223 g/mol. The minimum absolute atomic E-state index is 0.0397. The van der Waals surface area contributed by atoms with E-state index in [1.54, 1.807) is 0 Å². The minimum atomic E-state index is -1.06. The molecule has 84 valence electrons. The van der Waals surface area contributed by atoms with Crippen LogP contribution in [0.25, 0.3) is 0 Å². The molecule has 16 heavy (non-hydrogen) atoms. The zero-order chi connectivity index (χ0) is 12.0. The fraction of sp³-hybridized carbons (Fsp3) is 0.100. The number of hydrogen-bond acceptors (Lipinski definition) is 4. The van der Waals surface area contributed by atoms with E-state index in [-0.39, 0.29) is 12.1 Å². The van der Waals surface area contributed by atoms with Crippen LogP contribution < -0.4 is 5.32 Å². The standard InChI is InChI=1S/C10H10FN3O2/c11-7-1-2-9(14-6-7)13-4-3-8(12)5-10(15)16/h1-4,6,12H,5H2,(H,13,14)(H,15,16)/b4-3-,12-8?. The number of nitrogens with zero attached hydrogens (tertiary/aromatic N) is 1.